The molecule has 0 saturated carbocycles. The normalized spacial score (nSPS) is 13.7. The van der Waals surface area contributed by atoms with Crippen molar-refractivity contribution in [3.63, 3.8) is 0 Å². The third-order valence-electron chi connectivity index (χ3n) is 3.47. The van der Waals surface area contributed by atoms with Gasteiger partial charge in [0.1, 0.15) is 5.58 Å². The number of ether oxygens (including phenoxy) is 1. The van der Waals surface area contributed by atoms with Crippen LogP contribution in [0.1, 0.15) is 20.8 Å². The lowest BCUT2D eigenvalue weighted by atomic mass is 10.1. The van der Waals surface area contributed by atoms with Crippen molar-refractivity contribution in [1.82, 2.24) is 0 Å². The molecule has 22 heavy (non-hydrogen) atoms. The van der Waals surface area contributed by atoms with E-state index in [1.54, 1.807) is 24.3 Å². The quantitative estimate of drug-likeness (QED) is 0.790. The lowest BCUT2D eigenvalue weighted by Crippen LogP contribution is -2.40. The SMILES string of the molecule is CCOC(CN(c1ccc2occc2c1)S(=O)(=O)O)C(C)C. The zero-order chi connectivity index (χ0) is 16.3. The Bertz CT molecular complexity index is 722. The summed E-state index contributed by atoms with van der Waals surface area (Å²) in [4.78, 5) is 0. The van der Waals surface area contributed by atoms with Crippen LogP contribution in [-0.2, 0) is 15.0 Å². The number of hydrogen-bond acceptors (Lipinski definition) is 4. The predicted octanol–water partition coefficient (Wildman–Crippen LogP) is 3.10. The van der Waals surface area contributed by atoms with Crippen molar-refractivity contribution >= 4 is 27.0 Å². The van der Waals surface area contributed by atoms with Gasteiger partial charge in [0, 0.05) is 12.0 Å². The largest absolute Gasteiger partial charge is 0.464 e. The van der Waals surface area contributed by atoms with Crippen molar-refractivity contribution in [2.24, 2.45) is 5.92 Å². The van der Waals surface area contributed by atoms with E-state index < -0.39 is 10.3 Å². The maximum atomic E-state index is 11.8. The molecule has 6 nitrogen and oxygen atoms in total. The zero-order valence-electron chi connectivity index (χ0n) is 12.9. The molecular formula is C15H21NO5S. The summed E-state index contributed by atoms with van der Waals surface area (Å²) in [5.74, 6) is 0.113. The number of furan rings is 1. The van der Waals surface area contributed by atoms with E-state index in [2.05, 4.69) is 0 Å². The Balaban J connectivity index is 2.37. The first-order valence-electron chi connectivity index (χ1n) is 7.17. The molecule has 0 aliphatic heterocycles. The van der Waals surface area contributed by atoms with Gasteiger partial charge in [0.25, 0.3) is 0 Å². The maximum Gasteiger partial charge on any atom is 0.360 e. The minimum atomic E-state index is -4.39. The standard InChI is InChI=1S/C15H21NO5S/c1-4-20-15(11(2)3)10-16(22(17,18)19)13-5-6-14-12(9-13)7-8-21-14/h5-9,11,15H,4,10H2,1-3H3,(H,17,18,19). The number of hydrogen-bond donors (Lipinski definition) is 1. The van der Waals surface area contributed by atoms with E-state index in [9.17, 15) is 13.0 Å². The number of benzene rings is 1. The van der Waals surface area contributed by atoms with Gasteiger partial charge in [0.05, 0.1) is 24.6 Å². The Morgan fingerprint density at radius 2 is 2.05 bits per heavy atom. The van der Waals surface area contributed by atoms with E-state index in [4.69, 9.17) is 9.15 Å². The zero-order valence-corrected chi connectivity index (χ0v) is 13.7. The highest BCUT2D eigenvalue weighted by Gasteiger charge is 2.26. The molecule has 0 amide bonds. The lowest BCUT2D eigenvalue weighted by molar-refractivity contribution is 0.0376. The molecule has 0 aliphatic carbocycles. The summed E-state index contributed by atoms with van der Waals surface area (Å²) in [6, 6.07) is 6.68. The van der Waals surface area contributed by atoms with Crippen molar-refractivity contribution in [3.8, 4) is 0 Å². The minimum absolute atomic E-state index is 0.0493. The van der Waals surface area contributed by atoms with Crippen LogP contribution in [0, 0.1) is 5.92 Å². The van der Waals surface area contributed by atoms with E-state index in [0.717, 1.165) is 9.69 Å². The van der Waals surface area contributed by atoms with Gasteiger partial charge >= 0.3 is 10.3 Å². The molecule has 0 saturated heterocycles. The second-order valence-corrected chi connectivity index (χ2v) is 6.73. The van der Waals surface area contributed by atoms with Crippen LogP contribution in [0.2, 0.25) is 0 Å². The van der Waals surface area contributed by atoms with Crippen molar-refractivity contribution in [3.05, 3.63) is 30.5 Å². The molecule has 0 bridgehead atoms. The third kappa shape index (κ3) is 3.79. The highest BCUT2D eigenvalue weighted by molar-refractivity contribution is 7.87. The molecule has 0 aliphatic rings. The van der Waals surface area contributed by atoms with Gasteiger partial charge in [-0.25, -0.2) is 4.31 Å². The Labute approximate surface area is 130 Å². The molecule has 0 spiro atoms. The monoisotopic (exact) mass is 327 g/mol. The molecule has 2 rings (SSSR count). The molecule has 1 unspecified atom stereocenters. The fourth-order valence-electron chi connectivity index (χ4n) is 2.28. The van der Waals surface area contributed by atoms with Crippen LogP contribution >= 0.6 is 0 Å². The van der Waals surface area contributed by atoms with E-state index in [0.29, 0.717) is 17.9 Å². The molecule has 0 fully saturated rings. The van der Waals surface area contributed by atoms with Gasteiger partial charge in [-0.1, -0.05) is 13.8 Å². The van der Waals surface area contributed by atoms with E-state index in [-0.39, 0.29) is 18.6 Å². The van der Waals surface area contributed by atoms with Crippen molar-refractivity contribution in [1.29, 1.82) is 0 Å². The van der Waals surface area contributed by atoms with Gasteiger partial charge < -0.3 is 9.15 Å². The first kappa shape index (κ1) is 16.8. The minimum Gasteiger partial charge on any atom is -0.464 e. The summed E-state index contributed by atoms with van der Waals surface area (Å²) in [5, 5.41) is 0.767. The second-order valence-electron chi connectivity index (χ2n) is 5.39. The molecule has 7 heteroatoms. The van der Waals surface area contributed by atoms with E-state index >= 15 is 0 Å². The van der Waals surface area contributed by atoms with Crippen molar-refractivity contribution in [2.45, 2.75) is 26.9 Å². The maximum absolute atomic E-state index is 11.8. The van der Waals surface area contributed by atoms with Crippen LogP contribution in [0.25, 0.3) is 11.0 Å². The first-order chi connectivity index (χ1) is 10.3. The topological polar surface area (TPSA) is 80.0 Å². The Hall–Kier alpha value is -1.57. The van der Waals surface area contributed by atoms with Crippen molar-refractivity contribution in [2.75, 3.05) is 17.5 Å². The Morgan fingerprint density at radius 3 is 2.64 bits per heavy atom. The van der Waals surface area contributed by atoms with Crippen LogP contribution < -0.4 is 4.31 Å². The molecule has 1 N–H and O–H groups in total. The van der Waals surface area contributed by atoms with Gasteiger partial charge in [0.2, 0.25) is 0 Å². The smallest absolute Gasteiger partial charge is 0.360 e. The molecule has 1 aromatic heterocycles. The summed E-state index contributed by atoms with van der Waals surface area (Å²) in [7, 11) is -4.39. The predicted molar refractivity (Wildman–Crippen MR) is 85.4 cm³/mol. The molecule has 122 valence electrons. The van der Waals surface area contributed by atoms with Crippen molar-refractivity contribution < 1.29 is 22.1 Å². The lowest BCUT2D eigenvalue weighted by Gasteiger charge is -2.28. The highest BCUT2D eigenvalue weighted by atomic mass is 32.2. The summed E-state index contributed by atoms with van der Waals surface area (Å²) < 4.78 is 44.9. The Kier molecular flexibility index (Phi) is 5.10. The molecule has 2 aromatic rings. The third-order valence-corrected chi connectivity index (χ3v) is 4.39. The van der Waals surface area contributed by atoms with Gasteiger partial charge in [-0.15, -0.1) is 0 Å². The van der Waals surface area contributed by atoms with Gasteiger partial charge in [-0.3, -0.25) is 4.55 Å². The van der Waals surface area contributed by atoms with Crippen LogP contribution in [0.15, 0.2) is 34.9 Å². The van der Waals surface area contributed by atoms with Gasteiger partial charge in [-0.05, 0) is 37.1 Å². The molecule has 1 aromatic carbocycles. The first-order valence-corrected chi connectivity index (χ1v) is 8.56. The molecule has 0 radical (unpaired) electrons. The van der Waals surface area contributed by atoms with Gasteiger partial charge in [0.15, 0.2) is 0 Å². The summed E-state index contributed by atoms with van der Waals surface area (Å²) >= 11 is 0. The summed E-state index contributed by atoms with van der Waals surface area (Å²) in [6.45, 7) is 6.27. The molecule has 1 atom stereocenters. The van der Waals surface area contributed by atoms with Crippen LogP contribution in [0.5, 0.6) is 0 Å². The summed E-state index contributed by atoms with van der Waals surface area (Å²) in [6.07, 6.45) is 1.22. The van der Waals surface area contributed by atoms with E-state index in [1.165, 1.54) is 6.26 Å². The number of anilines is 1. The molecule has 1 heterocycles. The number of rotatable bonds is 7. The molecular weight excluding hydrogens is 306 g/mol. The van der Waals surface area contributed by atoms with Gasteiger partial charge in [-0.2, -0.15) is 8.42 Å². The van der Waals surface area contributed by atoms with Crippen LogP contribution in [-0.4, -0.2) is 32.2 Å². The van der Waals surface area contributed by atoms with Crippen LogP contribution in [0.3, 0.4) is 0 Å². The Morgan fingerprint density at radius 1 is 1.32 bits per heavy atom. The number of fused-ring (bicyclic) bond motifs is 1. The number of nitrogens with zero attached hydrogens (tertiary/aromatic N) is 1. The second kappa shape index (κ2) is 6.68. The highest BCUT2D eigenvalue weighted by Crippen LogP contribution is 2.25. The fourth-order valence-corrected chi connectivity index (χ4v) is 2.99. The average molecular weight is 327 g/mol. The van der Waals surface area contributed by atoms with E-state index in [1.807, 2.05) is 20.8 Å². The summed E-state index contributed by atoms with van der Waals surface area (Å²) in [5.41, 5.74) is 1.03. The average Bonchev–Trinajstić information content (AvgIpc) is 2.88. The fraction of sp³-hybridized carbons (Fsp3) is 0.467. The van der Waals surface area contributed by atoms with Crippen LogP contribution in [0.4, 0.5) is 5.69 Å².